The van der Waals surface area contributed by atoms with E-state index in [1.54, 1.807) is 0 Å². The van der Waals surface area contributed by atoms with E-state index in [2.05, 4.69) is 10.1 Å². The molecule has 1 aromatic carbocycles. The summed E-state index contributed by atoms with van der Waals surface area (Å²) in [5.74, 6) is 1.11. The third-order valence-corrected chi connectivity index (χ3v) is 3.83. The first-order valence-corrected chi connectivity index (χ1v) is 6.82. The lowest BCUT2D eigenvalue weighted by atomic mass is 9.94. The summed E-state index contributed by atoms with van der Waals surface area (Å²) in [4.78, 5) is 4.40. The molecule has 0 spiro atoms. The minimum absolute atomic E-state index is 0.500. The SMILES string of the molecule is CCC(N)(CC)c1nc(Cc2ccccc2Cl)no1. The Morgan fingerprint density at radius 1 is 1.26 bits per heavy atom. The average molecular weight is 280 g/mol. The van der Waals surface area contributed by atoms with Crippen LogP contribution < -0.4 is 5.73 Å². The van der Waals surface area contributed by atoms with Crippen molar-refractivity contribution in [2.45, 2.75) is 38.6 Å². The fraction of sp³-hybridized carbons (Fsp3) is 0.429. The number of rotatable bonds is 5. The maximum Gasteiger partial charge on any atom is 0.246 e. The van der Waals surface area contributed by atoms with Crippen molar-refractivity contribution in [3.05, 3.63) is 46.6 Å². The highest BCUT2D eigenvalue weighted by Crippen LogP contribution is 2.25. The fourth-order valence-electron chi connectivity index (χ4n) is 1.89. The van der Waals surface area contributed by atoms with Crippen molar-refractivity contribution >= 4 is 11.6 Å². The summed E-state index contributed by atoms with van der Waals surface area (Å²) in [6, 6.07) is 7.64. The summed E-state index contributed by atoms with van der Waals surface area (Å²) in [5, 5.41) is 4.70. The molecule has 4 nitrogen and oxygen atoms in total. The van der Waals surface area contributed by atoms with Gasteiger partial charge in [-0.05, 0) is 24.5 Å². The summed E-state index contributed by atoms with van der Waals surface area (Å²) in [5.41, 5.74) is 6.68. The molecule has 0 bridgehead atoms. The summed E-state index contributed by atoms with van der Waals surface area (Å²) in [6.45, 7) is 4.03. The lowest BCUT2D eigenvalue weighted by molar-refractivity contribution is 0.267. The molecule has 0 saturated carbocycles. The molecule has 0 radical (unpaired) electrons. The molecular formula is C14H18ClN3O. The van der Waals surface area contributed by atoms with Crippen LogP contribution in [0.25, 0.3) is 0 Å². The Morgan fingerprint density at radius 2 is 1.95 bits per heavy atom. The fourth-order valence-corrected chi connectivity index (χ4v) is 2.10. The highest BCUT2D eigenvalue weighted by atomic mass is 35.5. The third-order valence-electron chi connectivity index (χ3n) is 3.46. The molecular weight excluding hydrogens is 262 g/mol. The van der Waals surface area contributed by atoms with E-state index in [4.69, 9.17) is 21.9 Å². The monoisotopic (exact) mass is 279 g/mol. The molecule has 1 aromatic heterocycles. The van der Waals surface area contributed by atoms with Gasteiger partial charge in [0.25, 0.3) is 0 Å². The van der Waals surface area contributed by atoms with Crippen LogP contribution in [0.2, 0.25) is 5.02 Å². The second kappa shape index (κ2) is 5.72. The zero-order chi connectivity index (χ0) is 13.9. The summed E-state index contributed by atoms with van der Waals surface area (Å²) < 4.78 is 5.29. The Bertz CT molecular complexity index is 549. The minimum atomic E-state index is -0.536. The van der Waals surface area contributed by atoms with Gasteiger partial charge in [-0.3, -0.25) is 0 Å². The zero-order valence-corrected chi connectivity index (χ0v) is 11.9. The van der Waals surface area contributed by atoms with Gasteiger partial charge < -0.3 is 10.3 Å². The second-order valence-electron chi connectivity index (χ2n) is 4.65. The number of hydrogen-bond acceptors (Lipinski definition) is 4. The molecule has 0 aliphatic heterocycles. The lowest BCUT2D eigenvalue weighted by Crippen LogP contribution is -2.35. The molecule has 0 unspecified atom stereocenters. The molecule has 19 heavy (non-hydrogen) atoms. The molecule has 0 saturated heterocycles. The van der Waals surface area contributed by atoms with E-state index in [-0.39, 0.29) is 0 Å². The van der Waals surface area contributed by atoms with Crippen LogP contribution in [-0.4, -0.2) is 10.1 Å². The first kappa shape index (κ1) is 14.0. The Kier molecular flexibility index (Phi) is 4.22. The molecule has 0 aliphatic carbocycles. The van der Waals surface area contributed by atoms with Crippen LogP contribution in [0, 0.1) is 0 Å². The molecule has 102 valence electrons. The van der Waals surface area contributed by atoms with E-state index in [1.165, 1.54) is 0 Å². The molecule has 0 fully saturated rings. The zero-order valence-electron chi connectivity index (χ0n) is 11.2. The van der Waals surface area contributed by atoms with Gasteiger partial charge in [0.1, 0.15) is 0 Å². The Morgan fingerprint density at radius 3 is 2.58 bits per heavy atom. The van der Waals surface area contributed by atoms with Gasteiger partial charge in [-0.2, -0.15) is 4.98 Å². The average Bonchev–Trinajstić information content (AvgIpc) is 2.90. The Labute approximate surface area is 118 Å². The smallest absolute Gasteiger partial charge is 0.246 e. The first-order chi connectivity index (χ1) is 9.09. The number of nitrogens with zero attached hydrogens (tertiary/aromatic N) is 2. The van der Waals surface area contributed by atoms with Crippen molar-refractivity contribution in [3.63, 3.8) is 0 Å². The number of hydrogen-bond donors (Lipinski definition) is 1. The highest BCUT2D eigenvalue weighted by molar-refractivity contribution is 6.31. The van der Waals surface area contributed by atoms with E-state index >= 15 is 0 Å². The van der Waals surface area contributed by atoms with Gasteiger partial charge in [-0.1, -0.05) is 48.8 Å². The van der Waals surface area contributed by atoms with Crippen LogP contribution in [0.1, 0.15) is 44.0 Å². The summed E-state index contributed by atoms with van der Waals surface area (Å²) in [6.07, 6.45) is 2.07. The van der Waals surface area contributed by atoms with E-state index in [1.807, 2.05) is 38.1 Å². The van der Waals surface area contributed by atoms with Crippen molar-refractivity contribution < 1.29 is 4.52 Å². The Balaban J connectivity index is 2.21. The van der Waals surface area contributed by atoms with Gasteiger partial charge in [0.2, 0.25) is 5.89 Å². The topological polar surface area (TPSA) is 64.9 Å². The molecule has 5 heteroatoms. The number of benzene rings is 1. The summed E-state index contributed by atoms with van der Waals surface area (Å²) in [7, 11) is 0. The lowest BCUT2D eigenvalue weighted by Gasteiger charge is -2.20. The summed E-state index contributed by atoms with van der Waals surface area (Å²) >= 11 is 6.11. The van der Waals surface area contributed by atoms with Crippen molar-refractivity contribution in [2.24, 2.45) is 5.73 Å². The molecule has 2 aromatic rings. The van der Waals surface area contributed by atoms with Gasteiger partial charge in [0.05, 0.1) is 5.54 Å². The van der Waals surface area contributed by atoms with Gasteiger partial charge >= 0.3 is 0 Å². The quantitative estimate of drug-likeness (QED) is 0.912. The second-order valence-corrected chi connectivity index (χ2v) is 5.05. The van der Waals surface area contributed by atoms with Crippen molar-refractivity contribution in [2.75, 3.05) is 0 Å². The van der Waals surface area contributed by atoms with E-state index in [0.717, 1.165) is 18.4 Å². The molecule has 2 rings (SSSR count). The molecule has 1 heterocycles. The van der Waals surface area contributed by atoms with Crippen molar-refractivity contribution in [1.82, 2.24) is 10.1 Å². The van der Waals surface area contributed by atoms with Crippen LogP contribution >= 0.6 is 11.6 Å². The number of nitrogens with two attached hydrogens (primary N) is 1. The normalized spacial score (nSPS) is 11.8. The molecule has 2 N–H and O–H groups in total. The van der Waals surface area contributed by atoms with Crippen LogP contribution in [-0.2, 0) is 12.0 Å². The van der Waals surface area contributed by atoms with Crippen LogP contribution in [0.15, 0.2) is 28.8 Å². The molecule has 0 atom stereocenters. The van der Waals surface area contributed by atoms with Gasteiger partial charge in [0, 0.05) is 11.4 Å². The van der Waals surface area contributed by atoms with Crippen LogP contribution in [0.5, 0.6) is 0 Å². The van der Waals surface area contributed by atoms with Gasteiger partial charge in [0.15, 0.2) is 5.82 Å². The number of halogens is 1. The Hall–Kier alpha value is -1.39. The van der Waals surface area contributed by atoms with Crippen molar-refractivity contribution in [3.8, 4) is 0 Å². The first-order valence-electron chi connectivity index (χ1n) is 6.44. The standard InChI is InChI=1S/C14H18ClN3O/c1-3-14(16,4-2)13-17-12(18-19-13)9-10-7-5-6-8-11(10)15/h5-8H,3-4,9,16H2,1-2H3. The largest absolute Gasteiger partial charge is 0.337 e. The van der Waals surface area contributed by atoms with E-state index in [0.29, 0.717) is 23.2 Å². The van der Waals surface area contributed by atoms with Gasteiger partial charge in [-0.15, -0.1) is 0 Å². The predicted octanol–water partition coefficient (Wildman–Crippen LogP) is 3.29. The minimum Gasteiger partial charge on any atom is -0.337 e. The molecule has 0 amide bonds. The third kappa shape index (κ3) is 2.96. The van der Waals surface area contributed by atoms with Crippen molar-refractivity contribution in [1.29, 1.82) is 0 Å². The van der Waals surface area contributed by atoms with Gasteiger partial charge in [-0.25, -0.2) is 0 Å². The van der Waals surface area contributed by atoms with Crippen LogP contribution in [0.3, 0.4) is 0 Å². The van der Waals surface area contributed by atoms with Crippen LogP contribution in [0.4, 0.5) is 0 Å². The molecule has 0 aliphatic rings. The number of aromatic nitrogens is 2. The highest BCUT2D eigenvalue weighted by Gasteiger charge is 2.29. The maximum absolute atomic E-state index is 6.23. The van der Waals surface area contributed by atoms with E-state index < -0.39 is 5.54 Å². The predicted molar refractivity (Wildman–Crippen MR) is 75.0 cm³/mol. The van der Waals surface area contributed by atoms with E-state index in [9.17, 15) is 0 Å². The maximum atomic E-state index is 6.23.